The molecule has 1 aromatic carbocycles. The van der Waals surface area contributed by atoms with E-state index in [2.05, 4.69) is 5.16 Å². The summed E-state index contributed by atoms with van der Waals surface area (Å²) in [4.78, 5) is 10.4. The van der Waals surface area contributed by atoms with Gasteiger partial charge in [0.1, 0.15) is 0 Å². The van der Waals surface area contributed by atoms with Crippen LogP contribution in [0.4, 0.5) is 0 Å². The fraction of sp³-hybridized carbons (Fsp3) is 0.111. The molecule has 0 bridgehead atoms. The van der Waals surface area contributed by atoms with Crippen molar-refractivity contribution in [2.45, 2.75) is 6.42 Å². The SMILES string of the molecule is O=C(O)Cc1cccc(/C=N/O)c1. The Morgan fingerprint density at radius 3 is 2.92 bits per heavy atom. The number of benzene rings is 1. The quantitative estimate of drug-likeness (QED) is 0.415. The first-order valence-electron chi connectivity index (χ1n) is 3.70. The van der Waals surface area contributed by atoms with Crippen LogP contribution >= 0.6 is 0 Å². The molecule has 1 rings (SSSR count). The molecule has 4 nitrogen and oxygen atoms in total. The van der Waals surface area contributed by atoms with Gasteiger partial charge in [0.25, 0.3) is 0 Å². The minimum atomic E-state index is -0.877. The van der Waals surface area contributed by atoms with E-state index in [9.17, 15) is 4.79 Å². The Labute approximate surface area is 75.1 Å². The summed E-state index contributed by atoms with van der Waals surface area (Å²) in [6, 6.07) is 6.82. The highest BCUT2D eigenvalue weighted by Crippen LogP contribution is 2.03. The normalized spacial score (nSPS) is 10.5. The molecule has 0 aliphatic rings. The zero-order valence-corrected chi connectivity index (χ0v) is 6.84. The Balaban J connectivity index is 2.85. The van der Waals surface area contributed by atoms with Crippen LogP contribution in [0.2, 0.25) is 0 Å². The van der Waals surface area contributed by atoms with Crippen molar-refractivity contribution in [3.63, 3.8) is 0 Å². The fourth-order valence-electron chi connectivity index (χ4n) is 1.02. The zero-order chi connectivity index (χ0) is 9.68. The third-order valence-electron chi connectivity index (χ3n) is 1.51. The number of hydrogen-bond acceptors (Lipinski definition) is 3. The third kappa shape index (κ3) is 2.94. The predicted octanol–water partition coefficient (Wildman–Crippen LogP) is 1.12. The van der Waals surface area contributed by atoms with Gasteiger partial charge in [-0.1, -0.05) is 23.4 Å². The summed E-state index contributed by atoms with van der Waals surface area (Å²) in [5.41, 5.74) is 1.37. The summed E-state index contributed by atoms with van der Waals surface area (Å²) >= 11 is 0. The Kier molecular flexibility index (Phi) is 3.03. The molecule has 13 heavy (non-hydrogen) atoms. The van der Waals surface area contributed by atoms with Gasteiger partial charge in [0.05, 0.1) is 12.6 Å². The van der Waals surface area contributed by atoms with Gasteiger partial charge in [-0.25, -0.2) is 0 Å². The van der Waals surface area contributed by atoms with E-state index < -0.39 is 5.97 Å². The molecule has 0 saturated heterocycles. The van der Waals surface area contributed by atoms with E-state index >= 15 is 0 Å². The molecule has 0 radical (unpaired) electrons. The van der Waals surface area contributed by atoms with Crippen LogP contribution in [0, 0.1) is 0 Å². The van der Waals surface area contributed by atoms with E-state index in [1.807, 2.05) is 0 Å². The van der Waals surface area contributed by atoms with Crippen LogP contribution in [0.25, 0.3) is 0 Å². The topological polar surface area (TPSA) is 69.9 Å². The smallest absolute Gasteiger partial charge is 0.307 e. The van der Waals surface area contributed by atoms with Crippen molar-refractivity contribution in [3.05, 3.63) is 35.4 Å². The van der Waals surface area contributed by atoms with E-state index in [-0.39, 0.29) is 6.42 Å². The molecule has 0 unspecified atom stereocenters. The van der Waals surface area contributed by atoms with Crippen LogP contribution in [0.1, 0.15) is 11.1 Å². The molecule has 0 saturated carbocycles. The molecule has 4 heteroatoms. The summed E-state index contributed by atoms with van der Waals surface area (Å²) in [7, 11) is 0. The lowest BCUT2D eigenvalue weighted by Gasteiger charge is -1.97. The van der Waals surface area contributed by atoms with Crippen molar-refractivity contribution in [2.24, 2.45) is 5.16 Å². The lowest BCUT2D eigenvalue weighted by atomic mass is 10.1. The lowest BCUT2D eigenvalue weighted by molar-refractivity contribution is -0.136. The van der Waals surface area contributed by atoms with Crippen LogP contribution in [-0.2, 0) is 11.2 Å². The molecule has 0 atom stereocenters. The maximum absolute atomic E-state index is 10.4. The van der Waals surface area contributed by atoms with Gasteiger partial charge >= 0.3 is 5.97 Å². The molecule has 0 aliphatic carbocycles. The monoisotopic (exact) mass is 179 g/mol. The number of carbonyl (C=O) groups is 1. The number of carboxylic acid groups (broad SMARTS) is 1. The molecule has 0 fully saturated rings. The summed E-state index contributed by atoms with van der Waals surface area (Å²) in [6.07, 6.45) is 1.23. The van der Waals surface area contributed by atoms with Crippen LogP contribution in [0.3, 0.4) is 0 Å². The number of carboxylic acids is 1. The summed E-state index contributed by atoms with van der Waals surface area (Å²) in [6.45, 7) is 0. The second-order valence-corrected chi connectivity index (χ2v) is 2.56. The molecule has 0 heterocycles. The summed E-state index contributed by atoms with van der Waals surface area (Å²) in [5.74, 6) is -0.877. The summed E-state index contributed by atoms with van der Waals surface area (Å²) in [5, 5.41) is 19.6. The average Bonchev–Trinajstić information content (AvgIpc) is 2.04. The Bertz CT molecular complexity index is 333. The van der Waals surface area contributed by atoms with Crippen LogP contribution in [0.15, 0.2) is 29.4 Å². The maximum atomic E-state index is 10.4. The van der Waals surface area contributed by atoms with Crippen LogP contribution in [-0.4, -0.2) is 22.5 Å². The highest BCUT2D eigenvalue weighted by atomic mass is 16.4. The first-order valence-corrected chi connectivity index (χ1v) is 3.70. The molecule has 0 aromatic heterocycles. The van der Waals surface area contributed by atoms with Gasteiger partial charge in [-0.15, -0.1) is 0 Å². The second-order valence-electron chi connectivity index (χ2n) is 2.56. The highest BCUT2D eigenvalue weighted by Gasteiger charge is 1.99. The fourth-order valence-corrected chi connectivity index (χ4v) is 1.02. The Morgan fingerprint density at radius 1 is 1.54 bits per heavy atom. The second kappa shape index (κ2) is 4.25. The van der Waals surface area contributed by atoms with Crippen molar-refractivity contribution >= 4 is 12.2 Å². The standard InChI is InChI=1S/C9H9NO3/c11-9(12)5-7-2-1-3-8(4-7)6-10-13/h1-4,6,13H,5H2,(H,11,12)/b10-6+. The minimum Gasteiger partial charge on any atom is -0.481 e. The first kappa shape index (κ1) is 9.25. The van der Waals surface area contributed by atoms with E-state index in [1.54, 1.807) is 24.3 Å². The number of hydrogen-bond donors (Lipinski definition) is 2. The van der Waals surface area contributed by atoms with E-state index in [1.165, 1.54) is 6.21 Å². The van der Waals surface area contributed by atoms with Crippen molar-refractivity contribution in [3.8, 4) is 0 Å². The van der Waals surface area contributed by atoms with Gasteiger partial charge in [-0.3, -0.25) is 4.79 Å². The van der Waals surface area contributed by atoms with Crippen molar-refractivity contribution in [1.82, 2.24) is 0 Å². The van der Waals surface area contributed by atoms with E-state index in [0.29, 0.717) is 11.1 Å². The van der Waals surface area contributed by atoms with Crippen molar-refractivity contribution in [2.75, 3.05) is 0 Å². The largest absolute Gasteiger partial charge is 0.481 e. The van der Waals surface area contributed by atoms with Gasteiger partial charge in [0.15, 0.2) is 0 Å². The van der Waals surface area contributed by atoms with E-state index in [0.717, 1.165) is 0 Å². The molecule has 0 spiro atoms. The van der Waals surface area contributed by atoms with Crippen molar-refractivity contribution in [1.29, 1.82) is 0 Å². The molecule has 2 N–H and O–H groups in total. The van der Waals surface area contributed by atoms with Gasteiger partial charge < -0.3 is 10.3 Å². The number of nitrogens with zero attached hydrogens (tertiary/aromatic N) is 1. The maximum Gasteiger partial charge on any atom is 0.307 e. The average molecular weight is 179 g/mol. The molecule has 68 valence electrons. The first-order chi connectivity index (χ1) is 6.22. The van der Waals surface area contributed by atoms with Gasteiger partial charge in [-0.2, -0.15) is 0 Å². The van der Waals surface area contributed by atoms with Crippen molar-refractivity contribution < 1.29 is 15.1 Å². The van der Waals surface area contributed by atoms with Gasteiger partial charge in [0.2, 0.25) is 0 Å². The third-order valence-corrected chi connectivity index (χ3v) is 1.51. The Hall–Kier alpha value is -1.84. The van der Waals surface area contributed by atoms with Crippen LogP contribution < -0.4 is 0 Å². The van der Waals surface area contributed by atoms with Crippen LogP contribution in [0.5, 0.6) is 0 Å². The van der Waals surface area contributed by atoms with Gasteiger partial charge in [-0.05, 0) is 17.2 Å². The predicted molar refractivity (Wildman–Crippen MR) is 47.2 cm³/mol. The van der Waals surface area contributed by atoms with E-state index in [4.69, 9.17) is 10.3 Å². The molecular formula is C9H9NO3. The number of oxime groups is 1. The molecular weight excluding hydrogens is 170 g/mol. The molecule has 0 amide bonds. The molecule has 0 aliphatic heterocycles. The zero-order valence-electron chi connectivity index (χ0n) is 6.84. The number of aliphatic carboxylic acids is 1. The highest BCUT2D eigenvalue weighted by molar-refractivity contribution is 5.80. The molecule has 1 aromatic rings. The lowest BCUT2D eigenvalue weighted by Crippen LogP contribution is -2.00. The number of rotatable bonds is 3. The van der Waals surface area contributed by atoms with Gasteiger partial charge in [0, 0.05) is 0 Å². The minimum absolute atomic E-state index is 0.0207. The summed E-state index contributed by atoms with van der Waals surface area (Å²) < 4.78 is 0. The Morgan fingerprint density at radius 2 is 2.31 bits per heavy atom.